The molecule has 4 nitrogen and oxygen atoms in total. The van der Waals surface area contributed by atoms with Gasteiger partial charge in [-0.2, -0.15) is 0 Å². The molecule has 0 aliphatic rings. The minimum Gasteiger partial charge on any atom is -0.440 e. The molecule has 1 atom stereocenters. The molecule has 0 radical (unpaired) electrons. The summed E-state index contributed by atoms with van der Waals surface area (Å²) < 4.78 is 5.75. The Morgan fingerprint density at radius 2 is 1.68 bits per heavy atom. The first kappa shape index (κ1) is 19.0. The second-order valence-electron chi connectivity index (χ2n) is 6.04. The molecule has 0 heterocycles. The van der Waals surface area contributed by atoms with Crippen LogP contribution >= 0.6 is 0 Å². The van der Waals surface area contributed by atoms with Gasteiger partial charge in [-0.3, -0.25) is 4.90 Å². The summed E-state index contributed by atoms with van der Waals surface area (Å²) >= 11 is 0. The van der Waals surface area contributed by atoms with Crippen molar-refractivity contribution in [2.75, 3.05) is 19.6 Å². The molecule has 2 rings (SSSR count). The Balaban J connectivity index is 1.98. The van der Waals surface area contributed by atoms with E-state index in [-0.39, 0.29) is 12.2 Å². The van der Waals surface area contributed by atoms with Crippen molar-refractivity contribution in [3.63, 3.8) is 0 Å². The molecule has 1 amide bonds. The number of ether oxygens (including phenoxy) is 1. The third-order valence-corrected chi connectivity index (χ3v) is 4.11. The summed E-state index contributed by atoms with van der Waals surface area (Å²) in [6.45, 7) is 7.39. The van der Waals surface area contributed by atoms with Crippen molar-refractivity contribution in [1.82, 2.24) is 10.2 Å². The predicted octanol–water partition coefficient (Wildman–Crippen LogP) is 4.39. The molecule has 1 N–H and O–H groups in total. The Hall–Kier alpha value is -2.33. The normalized spacial score (nSPS) is 12.0. The Bertz CT molecular complexity index is 616. The van der Waals surface area contributed by atoms with Crippen molar-refractivity contribution in [3.05, 3.63) is 71.8 Å². The largest absolute Gasteiger partial charge is 0.440 e. The van der Waals surface area contributed by atoms with Crippen LogP contribution in [0.5, 0.6) is 0 Å². The topological polar surface area (TPSA) is 41.6 Å². The molecule has 2 aromatic carbocycles. The highest BCUT2D eigenvalue weighted by Crippen LogP contribution is 2.19. The van der Waals surface area contributed by atoms with Gasteiger partial charge >= 0.3 is 6.09 Å². The van der Waals surface area contributed by atoms with Crippen molar-refractivity contribution >= 4 is 6.09 Å². The van der Waals surface area contributed by atoms with Gasteiger partial charge in [0.15, 0.2) is 0 Å². The first-order valence-corrected chi connectivity index (χ1v) is 8.98. The zero-order valence-corrected chi connectivity index (χ0v) is 15.2. The van der Waals surface area contributed by atoms with Gasteiger partial charge in [-0.05, 0) is 30.6 Å². The molecule has 0 fully saturated rings. The van der Waals surface area contributed by atoms with Crippen molar-refractivity contribution in [2.45, 2.75) is 32.9 Å². The van der Waals surface area contributed by atoms with Gasteiger partial charge in [0, 0.05) is 13.1 Å². The molecule has 2 aromatic rings. The third-order valence-electron chi connectivity index (χ3n) is 4.11. The molecule has 1 unspecified atom stereocenters. The number of nitrogens with one attached hydrogen (secondary N) is 1. The predicted molar refractivity (Wildman–Crippen MR) is 101 cm³/mol. The Morgan fingerprint density at radius 3 is 2.28 bits per heavy atom. The number of benzene rings is 2. The van der Waals surface area contributed by atoms with Gasteiger partial charge in [0.2, 0.25) is 0 Å². The smallest absolute Gasteiger partial charge is 0.408 e. The van der Waals surface area contributed by atoms with Gasteiger partial charge in [-0.15, -0.1) is 0 Å². The van der Waals surface area contributed by atoms with E-state index in [2.05, 4.69) is 24.1 Å². The summed E-state index contributed by atoms with van der Waals surface area (Å²) in [5.74, 6) is 0. The number of nitrogens with zero attached hydrogens (tertiary/aromatic N) is 1. The number of amides is 1. The fourth-order valence-corrected chi connectivity index (χ4v) is 2.75. The van der Waals surface area contributed by atoms with Crippen LogP contribution in [0.4, 0.5) is 4.79 Å². The lowest BCUT2D eigenvalue weighted by atomic mass is 10.1. The average molecular weight is 340 g/mol. The molecular formula is C21H28N2O2. The van der Waals surface area contributed by atoms with Crippen LogP contribution in [-0.4, -0.2) is 30.6 Å². The molecule has 0 aliphatic carbocycles. The number of hydrogen-bond acceptors (Lipinski definition) is 3. The van der Waals surface area contributed by atoms with Crippen LogP contribution in [0.25, 0.3) is 0 Å². The van der Waals surface area contributed by atoms with Gasteiger partial charge in [0.05, 0.1) is 0 Å². The average Bonchev–Trinajstić information content (AvgIpc) is 2.67. The molecule has 25 heavy (non-hydrogen) atoms. The van der Waals surface area contributed by atoms with E-state index >= 15 is 0 Å². The van der Waals surface area contributed by atoms with Gasteiger partial charge in [0.1, 0.15) is 6.10 Å². The van der Waals surface area contributed by atoms with Gasteiger partial charge in [-0.25, -0.2) is 4.79 Å². The van der Waals surface area contributed by atoms with Gasteiger partial charge in [0.25, 0.3) is 0 Å². The molecule has 0 bridgehead atoms. The maximum Gasteiger partial charge on any atom is 0.408 e. The van der Waals surface area contributed by atoms with Crippen molar-refractivity contribution in [1.29, 1.82) is 0 Å². The Morgan fingerprint density at radius 1 is 1.04 bits per heavy atom. The molecule has 0 aliphatic heterocycles. The van der Waals surface area contributed by atoms with Crippen LogP contribution in [0.3, 0.4) is 0 Å². The van der Waals surface area contributed by atoms with Crippen LogP contribution < -0.4 is 5.32 Å². The van der Waals surface area contributed by atoms with E-state index in [1.54, 1.807) is 0 Å². The lowest BCUT2D eigenvalue weighted by Crippen LogP contribution is -2.33. The van der Waals surface area contributed by atoms with E-state index in [4.69, 9.17) is 4.74 Å². The van der Waals surface area contributed by atoms with Crippen LogP contribution in [0.1, 0.15) is 37.5 Å². The fraction of sp³-hybridized carbons (Fsp3) is 0.381. The first-order valence-electron chi connectivity index (χ1n) is 8.98. The van der Waals surface area contributed by atoms with E-state index < -0.39 is 0 Å². The molecular weight excluding hydrogens is 312 g/mol. The zero-order valence-electron chi connectivity index (χ0n) is 15.2. The summed E-state index contributed by atoms with van der Waals surface area (Å²) in [6, 6.07) is 19.8. The number of alkyl carbamates (subject to hydrolysis) is 1. The summed E-state index contributed by atoms with van der Waals surface area (Å²) in [7, 11) is 0. The van der Waals surface area contributed by atoms with Crippen LogP contribution in [0, 0.1) is 0 Å². The van der Waals surface area contributed by atoms with Crippen molar-refractivity contribution in [2.24, 2.45) is 0 Å². The van der Waals surface area contributed by atoms with Crippen LogP contribution in [0.2, 0.25) is 0 Å². The minimum absolute atomic E-state index is 0.275. The summed E-state index contributed by atoms with van der Waals surface area (Å²) in [6.07, 6.45) is 0.420. The number of likely N-dealkylation sites (N-methyl/N-ethyl adjacent to an activating group) is 1. The summed E-state index contributed by atoms with van der Waals surface area (Å²) in [4.78, 5) is 14.6. The maximum absolute atomic E-state index is 12.3. The molecule has 0 saturated heterocycles. The molecule has 0 aromatic heterocycles. The number of rotatable bonds is 9. The highest BCUT2D eigenvalue weighted by atomic mass is 16.6. The first-order chi connectivity index (χ1) is 12.2. The lowest BCUT2D eigenvalue weighted by Gasteiger charge is -2.26. The quantitative estimate of drug-likeness (QED) is 0.736. The number of carbonyl (C=O) groups excluding carboxylic acids is 1. The number of hydrogen-bond donors (Lipinski definition) is 1. The van der Waals surface area contributed by atoms with E-state index in [1.807, 2.05) is 60.7 Å². The highest BCUT2D eigenvalue weighted by molar-refractivity contribution is 5.67. The van der Waals surface area contributed by atoms with Crippen LogP contribution in [0.15, 0.2) is 60.7 Å². The van der Waals surface area contributed by atoms with Crippen molar-refractivity contribution in [3.8, 4) is 0 Å². The summed E-state index contributed by atoms with van der Waals surface area (Å²) in [5.41, 5.74) is 2.07. The van der Waals surface area contributed by atoms with E-state index in [0.717, 1.165) is 30.6 Å². The molecule has 0 spiro atoms. The standard InChI is InChI=1S/C21H28N2O2/c1-3-15-23(4-2)17-20(19-13-9-6-10-14-19)25-21(24)22-16-18-11-7-5-8-12-18/h5-14,20H,3-4,15-17H2,1-2H3,(H,22,24). The highest BCUT2D eigenvalue weighted by Gasteiger charge is 2.19. The van der Waals surface area contributed by atoms with Gasteiger partial charge in [-0.1, -0.05) is 74.5 Å². The molecule has 0 saturated carbocycles. The van der Waals surface area contributed by atoms with Crippen molar-refractivity contribution < 1.29 is 9.53 Å². The zero-order chi connectivity index (χ0) is 17.9. The van der Waals surface area contributed by atoms with Crippen LogP contribution in [-0.2, 0) is 11.3 Å². The van der Waals surface area contributed by atoms with E-state index in [1.165, 1.54) is 0 Å². The minimum atomic E-state index is -0.384. The third kappa shape index (κ3) is 6.59. The van der Waals surface area contributed by atoms with E-state index in [0.29, 0.717) is 13.1 Å². The Labute approximate surface area is 150 Å². The number of carbonyl (C=O) groups is 1. The second kappa shape index (κ2) is 10.5. The van der Waals surface area contributed by atoms with Gasteiger partial charge < -0.3 is 10.1 Å². The second-order valence-corrected chi connectivity index (χ2v) is 6.04. The molecule has 134 valence electrons. The monoisotopic (exact) mass is 340 g/mol. The maximum atomic E-state index is 12.3. The van der Waals surface area contributed by atoms with E-state index in [9.17, 15) is 4.79 Å². The summed E-state index contributed by atoms with van der Waals surface area (Å²) in [5, 5.41) is 2.84. The lowest BCUT2D eigenvalue weighted by molar-refractivity contribution is 0.0703. The Kier molecular flexibility index (Phi) is 7.99. The SMILES string of the molecule is CCCN(CC)CC(OC(=O)NCc1ccccc1)c1ccccc1. The molecule has 4 heteroatoms. The fourth-order valence-electron chi connectivity index (χ4n) is 2.75.